The van der Waals surface area contributed by atoms with Crippen LogP contribution in [0, 0.1) is 5.92 Å². The third-order valence-corrected chi connectivity index (χ3v) is 3.70. The largest absolute Gasteiger partial charge is 0.476 e. The van der Waals surface area contributed by atoms with Crippen LogP contribution in [0.15, 0.2) is 12.1 Å². The van der Waals surface area contributed by atoms with Crippen LogP contribution in [0.2, 0.25) is 0 Å². The van der Waals surface area contributed by atoms with Crippen LogP contribution < -0.4 is 15.8 Å². The highest BCUT2D eigenvalue weighted by atomic mass is 32.2. The smallest absolute Gasteiger partial charge is 0.239 e. The lowest BCUT2D eigenvalue weighted by molar-refractivity contribution is 0.263. The number of rotatable bonds is 8. The number of hydrogen-bond acceptors (Lipinski definition) is 5. The maximum absolute atomic E-state index is 11.3. The molecule has 1 aromatic rings. The monoisotopic (exact) mass is 285 g/mol. The van der Waals surface area contributed by atoms with E-state index in [2.05, 4.69) is 24.1 Å². The van der Waals surface area contributed by atoms with Gasteiger partial charge in [-0.1, -0.05) is 20.8 Å². The average molecular weight is 285 g/mol. The van der Waals surface area contributed by atoms with E-state index < -0.39 is 10.8 Å². The fourth-order valence-corrected chi connectivity index (χ4v) is 1.97. The lowest BCUT2D eigenvalue weighted by Gasteiger charge is -2.12. The zero-order valence-electron chi connectivity index (χ0n) is 11.8. The van der Waals surface area contributed by atoms with E-state index in [9.17, 15) is 4.21 Å². The number of aromatic nitrogens is 1. The van der Waals surface area contributed by atoms with Gasteiger partial charge < -0.3 is 15.8 Å². The molecular weight excluding hydrogens is 262 g/mol. The van der Waals surface area contributed by atoms with Crippen LogP contribution in [0.5, 0.6) is 5.88 Å². The van der Waals surface area contributed by atoms with Gasteiger partial charge in [-0.25, -0.2) is 0 Å². The van der Waals surface area contributed by atoms with Gasteiger partial charge in [0, 0.05) is 28.9 Å². The second-order valence-electron chi connectivity index (χ2n) is 4.66. The maximum atomic E-state index is 11.3. The minimum atomic E-state index is -0.766. The van der Waals surface area contributed by atoms with Crippen LogP contribution >= 0.6 is 0 Å². The summed E-state index contributed by atoms with van der Waals surface area (Å²) in [6.07, 6.45) is 0. The van der Waals surface area contributed by atoms with E-state index in [0.717, 1.165) is 0 Å². The molecule has 0 saturated carbocycles. The molecule has 0 aliphatic heterocycles. The molecule has 1 rings (SSSR count). The summed E-state index contributed by atoms with van der Waals surface area (Å²) in [5.41, 5.74) is 6.34. The van der Waals surface area contributed by atoms with Crippen LogP contribution in [0.1, 0.15) is 20.8 Å². The van der Waals surface area contributed by atoms with Crippen molar-refractivity contribution in [3.63, 3.8) is 0 Å². The molecule has 0 fully saturated rings. The Morgan fingerprint density at radius 1 is 1.47 bits per heavy atom. The Bertz CT molecular complexity index is 424. The predicted molar refractivity (Wildman–Crippen MR) is 81.0 cm³/mol. The van der Waals surface area contributed by atoms with E-state index in [1.165, 1.54) is 0 Å². The molecule has 0 bridgehead atoms. The topological polar surface area (TPSA) is 77.2 Å². The number of nitrogens with two attached hydrogens (primary N) is 1. The molecule has 0 aromatic carbocycles. The average Bonchev–Trinajstić information content (AvgIpc) is 2.38. The predicted octanol–water partition coefficient (Wildman–Crippen LogP) is 1.88. The van der Waals surface area contributed by atoms with Crippen molar-refractivity contribution in [2.45, 2.75) is 20.8 Å². The lowest BCUT2D eigenvalue weighted by atomic mass is 10.2. The molecule has 19 heavy (non-hydrogen) atoms. The van der Waals surface area contributed by atoms with Crippen molar-refractivity contribution >= 4 is 22.3 Å². The Balaban J connectivity index is 2.55. The Morgan fingerprint density at radius 3 is 2.84 bits per heavy atom. The first kappa shape index (κ1) is 15.8. The molecule has 0 aliphatic carbocycles. The van der Waals surface area contributed by atoms with Gasteiger partial charge in [0.2, 0.25) is 5.88 Å². The minimum absolute atomic E-state index is 0.421. The van der Waals surface area contributed by atoms with Gasteiger partial charge in [0.05, 0.1) is 12.3 Å². The lowest BCUT2D eigenvalue weighted by Crippen LogP contribution is -2.14. The second kappa shape index (κ2) is 7.99. The Kier molecular flexibility index (Phi) is 6.62. The molecule has 6 heteroatoms. The molecule has 5 nitrogen and oxygen atoms in total. The summed E-state index contributed by atoms with van der Waals surface area (Å²) in [6.45, 7) is 7.26. The minimum Gasteiger partial charge on any atom is -0.476 e. The standard InChI is InChI=1S/C13H23N3O2S/c1-4-19(17)8-7-15-12-6-5-11(14)13(16-12)18-9-10(2)3/h5-6,10H,4,7-9,14H2,1-3H3,(H,15,16). The van der Waals surface area contributed by atoms with Gasteiger partial charge in [0.1, 0.15) is 5.82 Å². The summed E-state index contributed by atoms with van der Waals surface area (Å²) in [5, 5.41) is 3.13. The molecular formula is C13H23N3O2S. The number of nitrogens with zero attached hydrogens (tertiary/aromatic N) is 1. The van der Waals surface area contributed by atoms with E-state index in [1.54, 1.807) is 12.1 Å². The second-order valence-corrected chi connectivity index (χ2v) is 6.52. The molecule has 3 N–H and O–H groups in total. The van der Waals surface area contributed by atoms with Crippen molar-refractivity contribution in [3.05, 3.63) is 12.1 Å². The SMILES string of the molecule is CCS(=O)CCNc1ccc(N)c(OCC(C)C)n1. The molecule has 0 amide bonds. The third kappa shape index (κ3) is 5.92. The van der Waals surface area contributed by atoms with Crippen molar-refractivity contribution in [1.29, 1.82) is 0 Å². The summed E-state index contributed by atoms with van der Waals surface area (Å²) in [6, 6.07) is 3.56. The van der Waals surface area contributed by atoms with Crippen molar-refractivity contribution in [2.24, 2.45) is 5.92 Å². The Hall–Kier alpha value is -1.30. The van der Waals surface area contributed by atoms with E-state index in [1.807, 2.05) is 6.92 Å². The van der Waals surface area contributed by atoms with E-state index in [4.69, 9.17) is 10.5 Å². The van der Waals surface area contributed by atoms with Crippen molar-refractivity contribution in [1.82, 2.24) is 4.98 Å². The summed E-state index contributed by atoms with van der Waals surface area (Å²) < 4.78 is 16.9. The number of nitrogen functional groups attached to an aromatic ring is 1. The van der Waals surface area contributed by atoms with Gasteiger partial charge in [0.15, 0.2) is 0 Å². The van der Waals surface area contributed by atoms with Crippen LogP contribution in [-0.2, 0) is 10.8 Å². The van der Waals surface area contributed by atoms with E-state index >= 15 is 0 Å². The summed E-state index contributed by atoms with van der Waals surface area (Å²) in [4.78, 5) is 4.31. The van der Waals surface area contributed by atoms with Gasteiger partial charge in [0.25, 0.3) is 0 Å². The normalized spacial score (nSPS) is 12.4. The molecule has 1 aromatic heterocycles. The quantitative estimate of drug-likeness (QED) is 0.762. The molecule has 0 saturated heterocycles. The molecule has 0 aliphatic rings. The van der Waals surface area contributed by atoms with E-state index in [0.29, 0.717) is 48.0 Å². The van der Waals surface area contributed by atoms with Crippen molar-refractivity contribution in [3.8, 4) is 5.88 Å². The molecule has 1 heterocycles. The number of pyridine rings is 1. The Morgan fingerprint density at radius 2 is 2.21 bits per heavy atom. The number of hydrogen-bond donors (Lipinski definition) is 2. The molecule has 108 valence electrons. The van der Waals surface area contributed by atoms with Crippen LogP contribution in [0.4, 0.5) is 11.5 Å². The van der Waals surface area contributed by atoms with E-state index in [-0.39, 0.29) is 0 Å². The summed E-state index contributed by atoms with van der Waals surface area (Å²) in [7, 11) is -0.766. The van der Waals surface area contributed by atoms with Crippen molar-refractivity contribution < 1.29 is 8.95 Å². The highest BCUT2D eigenvalue weighted by molar-refractivity contribution is 7.84. The zero-order chi connectivity index (χ0) is 14.3. The number of ether oxygens (including phenoxy) is 1. The third-order valence-electron chi connectivity index (χ3n) is 2.40. The fraction of sp³-hybridized carbons (Fsp3) is 0.615. The molecule has 1 unspecified atom stereocenters. The summed E-state index contributed by atoms with van der Waals surface area (Å²) in [5.74, 6) is 2.87. The fourth-order valence-electron chi connectivity index (χ4n) is 1.35. The van der Waals surface area contributed by atoms with Crippen LogP contribution in [-0.4, -0.2) is 33.9 Å². The van der Waals surface area contributed by atoms with Crippen LogP contribution in [0.3, 0.4) is 0 Å². The van der Waals surface area contributed by atoms with Gasteiger partial charge >= 0.3 is 0 Å². The first-order valence-corrected chi connectivity index (χ1v) is 8.00. The first-order valence-electron chi connectivity index (χ1n) is 6.51. The first-order chi connectivity index (χ1) is 9.02. The van der Waals surface area contributed by atoms with Crippen LogP contribution in [0.25, 0.3) is 0 Å². The zero-order valence-corrected chi connectivity index (χ0v) is 12.6. The highest BCUT2D eigenvalue weighted by Gasteiger charge is 2.06. The van der Waals surface area contributed by atoms with Gasteiger partial charge in [-0.05, 0) is 18.1 Å². The number of anilines is 2. The highest BCUT2D eigenvalue weighted by Crippen LogP contribution is 2.21. The number of nitrogens with one attached hydrogen (secondary N) is 1. The van der Waals surface area contributed by atoms with Crippen molar-refractivity contribution in [2.75, 3.05) is 35.7 Å². The molecule has 1 atom stereocenters. The summed E-state index contributed by atoms with van der Waals surface area (Å²) >= 11 is 0. The van der Waals surface area contributed by atoms with Gasteiger partial charge in [-0.15, -0.1) is 0 Å². The molecule has 0 spiro atoms. The Labute approximate surface area is 117 Å². The molecule has 0 radical (unpaired) electrons. The van der Waals surface area contributed by atoms with Gasteiger partial charge in [-0.3, -0.25) is 4.21 Å². The van der Waals surface area contributed by atoms with Gasteiger partial charge in [-0.2, -0.15) is 4.98 Å². The maximum Gasteiger partial charge on any atom is 0.239 e.